The second kappa shape index (κ2) is 6.31. The van der Waals surface area contributed by atoms with Crippen molar-refractivity contribution in [3.05, 3.63) is 35.6 Å². The van der Waals surface area contributed by atoms with Crippen molar-refractivity contribution in [3.63, 3.8) is 0 Å². The predicted molar refractivity (Wildman–Crippen MR) is 69.1 cm³/mol. The van der Waals surface area contributed by atoms with Gasteiger partial charge in [-0.1, -0.05) is 26.0 Å². The molecule has 1 unspecified atom stereocenters. The van der Waals surface area contributed by atoms with Crippen LogP contribution in [0.3, 0.4) is 0 Å². The summed E-state index contributed by atoms with van der Waals surface area (Å²) in [6, 6.07) is 5.07. The largest absolute Gasteiger partial charge is 0.450 e. The minimum Gasteiger partial charge on any atom is -0.450 e. The van der Waals surface area contributed by atoms with Crippen molar-refractivity contribution in [3.8, 4) is 0 Å². The third-order valence-electron chi connectivity index (χ3n) is 2.79. The highest BCUT2D eigenvalue weighted by molar-refractivity contribution is 5.70. The molecule has 0 saturated carbocycles. The number of ether oxygens (including phenoxy) is 1. The van der Waals surface area contributed by atoms with Crippen molar-refractivity contribution >= 4 is 12.4 Å². The van der Waals surface area contributed by atoms with Crippen molar-refractivity contribution in [2.24, 2.45) is 5.41 Å². The molecule has 0 radical (unpaired) electrons. The number of amides is 1. The van der Waals surface area contributed by atoms with Gasteiger partial charge in [0.25, 0.3) is 0 Å². The lowest BCUT2D eigenvalue weighted by Crippen LogP contribution is -2.39. The summed E-state index contributed by atoms with van der Waals surface area (Å²) in [5, 5.41) is 2.63. The molecule has 1 rings (SSSR count). The standard InChI is InChI=1S/C14H18FNO3/c1-4-19-13(18)16-12(14(2,3)9-17)10-5-7-11(15)8-6-10/h5-9,12H,4H2,1-3H3,(H,16,18). The minimum absolute atomic E-state index is 0.240. The van der Waals surface area contributed by atoms with Crippen LogP contribution in [0.1, 0.15) is 32.4 Å². The summed E-state index contributed by atoms with van der Waals surface area (Å²) in [7, 11) is 0. The Balaban J connectivity index is 3.02. The average molecular weight is 267 g/mol. The van der Waals surface area contributed by atoms with Crippen molar-refractivity contribution in [1.29, 1.82) is 0 Å². The van der Waals surface area contributed by atoms with E-state index in [1.165, 1.54) is 24.3 Å². The maximum absolute atomic E-state index is 12.9. The number of rotatable bonds is 5. The molecular formula is C14H18FNO3. The maximum Gasteiger partial charge on any atom is 0.407 e. The molecule has 1 aromatic rings. The van der Waals surface area contributed by atoms with Gasteiger partial charge in [-0.15, -0.1) is 0 Å². The van der Waals surface area contributed by atoms with Crippen molar-refractivity contribution in [2.45, 2.75) is 26.8 Å². The predicted octanol–water partition coefficient (Wildman–Crippen LogP) is 2.84. The van der Waals surface area contributed by atoms with E-state index in [1.54, 1.807) is 20.8 Å². The number of hydrogen-bond acceptors (Lipinski definition) is 3. The lowest BCUT2D eigenvalue weighted by atomic mass is 9.82. The zero-order valence-electron chi connectivity index (χ0n) is 11.3. The van der Waals surface area contributed by atoms with E-state index >= 15 is 0 Å². The van der Waals surface area contributed by atoms with Crippen LogP contribution in [-0.2, 0) is 9.53 Å². The Morgan fingerprint density at radius 3 is 2.47 bits per heavy atom. The molecule has 1 amide bonds. The smallest absolute Gasteiger partial charge is 0.407 e. The highest BCUT2D eigenvalue weighted by Crippen LogP contribution is 2.31. The molecule has 0 fully saturated rings. The Kier molecular flexibility index (Phi) is 5.03. The van der Waals surface area contributed by atoms with Gasteiger partial charge in [0.15, 0.2) is 0 Å². The third kappa shape index (κ3) is 4.05. The number of alkyl carbamates (subject to hydrolysis) is 1. The number of carbonyl (C=O) groups is 2. The van der Waals surface area contributed by atoms with E-state index in [0.29, 0.717) is 5.56 Å². The minimum atomic E-state index is -0.829. The maximum atomic E-state index is 12.9. The van der Waals surface area contributed by atoms with E-state index in [9.17, 15) is 14.0 Å². The van der Waals surface area contributed by atoms with Gasteiger partial charge in [0, 0.05) is 5.41 Å². The SMILES string of the molecule is CCOC(=O)NC(c1ccc(F)cc1)C(C)(C)C=O. The number of benzene rings is 1. The van der Waals surface area contributed by atoms with E-state index in [-0.39, 0.29) is 12.4 Å². The molecule has 0 heterocycles. The zero-order valence-corrected chi connectivity index (χ0v) is 11.3. The first-order valence-electron chi connectivity index (χ1n) is 6.05. The number of nitrogens with one attached hydrogen (secondary N) is 1. The molecule has 0 spiro atoms. The molecule has 1 atom stereocenters. The molecule has 104 valence electrons. The van der Waals surface area contributed by atoms with Gasteiger partial charge in [-0.2, -0.15) is 0 Å². The van der Waals surface area contributed by atoms with Gasteiger partial charge in [-0.05, 0) is 24.6 Å². The second-order valence-electron chi connectivity index (χ2n) is 4.79. The fourth-order valence-corrected chi connectivity index (χ4v) is 1.71. The van der Waals surface area contributed by atoms with E-state index in [1.807, 2.05) is 0 Å². The summed E-state index contributed by atoms with van der Waals surface area (Å²) in [6.45, 7) is 5.32. The summed E-state index contributed by atoms with van der Waals surface area (Å²) in [6.07, 6.45) is 0.152. The van der Waals surface area contributed by atoms with Gasteiger partial charge in [0.1, 0.15) is 12.1 Å². The van der Waals surface area contributed by atoms with Gasteiger partial charge in [0.2, 0.25) is 0 Å². The second-order valence-corrected chi connectivity index (χ2v) is 4.79. The molecule has 0 aliphatic heterocycles. The molecule has 0 aliphatic carbocycles. The summed E-state index contributed by atoms with van der Waals surface area (Å²) in [5.41, 5.74) is -0.184. The van der Waals surface area contributed by atoms with Crippen LogP contribution in [-0.4, -0.2) is 19.0 Å². The topological polar surface area (TPSA) is 55.4 Å². The fourth-order valence-electron chi connectivity index (χ4n) is 1.71. The van der Waals surface area contributed by atoms with Crippen LogP contribution in [0.5, 0.6) is 0 Å². The Bertz CT molecular complexity index is 443. The molecular weight excluding hydrogens is 249 g/mol. The molecule has 1 N–H and O–H groups in total. The van der Waals surface area contributed by atoms with Crippen LogP contribution in [0.15, 0.2) is 24.3 Å². The summed E-state index contributed by atoms with van der Waals surface area (Å²) >= 11 is 0. The molecule has 4 nitrogen and oxygen atoms in total. The van der Waals surface area contributed by atoms with E-state index < -0.39 is 17.6 Å². The lowest BCUT2D eigenvalue weighted by Gasteiger charge is -2.30. The van der Waals surface area contributed by atoms with Crippen LogP contribution in [0.2, 0.25) is 0 Å². The summed E-state index contributed by atoms with van der Waals surface area (Å²) < 4.78 is 17.7. The number of hydrogen-bond donors (Lipinski definition) is 1. The van der Waals surface area contributed by atoms with Crippen LogP contribution >= 0.6 is 0 Å². The van der Waals surface area contributed by atoms with Crippen LogP contribution in [0.25, 0.3) is 0 Å². The van der Waals surface area contributed by atoms with Crippen molar-refractivity contribution in [2.75, 3.05) is 6.61 Å². The highest BCUT2D eigenvalue weighted by Gasteiger charge is 2.32. The van der Waals surface area contributed by atoms with Gasteiger partial charge in [-0.3, -0.25) is 0 Å². The van der Waals surface area contributed by atoms with Gasteiger partial charge in [0.05, 0.1) is 12.6 Å². The summed E-state index contributed by atoms with van der Waals surface area (Å²) in [4.78, 5) is 22.7. The average Bonchev–Trinajstić information content (AvgIpc) is 2.37. The first-order chi connectivity index (χ1) is 8.90. The molecule has 0 aromatic heterocycles. The molecule has 0 saturated heterocycles. The lowest BCUT2D eigenvalue weighted by molar-refractivity contribution is -0.116. The van der Waals surface area contributed by atoms with E-state index in [2.05, 4.69) is 5.32 Å². The molecule has 0 bridgehead atoms. The molecule has 5 heteroatoms. The van der Waals surface area contributed by atoms with Crippen molar-refractivity contribution < 1.29 is 18.7 Å². The third-order valence-corrected chi connectivity index (χ3v) is 2.79. The van der Waals surface area contributed by atoms with Gasteiger partial charge in [-0.25, -0.2) is 9.18 Å². The normalized spacial score (nSPS) is 12.6. The molecule has 0 aliphatic rings. The van der Waals surface area contributed by atoms with Crippen molar-refractivity contribution in [1.82, 2.24) is 5.32 Å². The quantitative estimate of drug-likeness (QED) is 0.835. The summed E-state index contributed by atoms with van der Waals surface area (Å²) in [5.74, 6) is -0.373. The molecule has 1 aromatic carbocycles. The zero-order chi connectivity index (χ0) is 14.5. The fraction of sp³-hybridized carbons (Fsp3) is 0.429. The van der Waals surface area contributed by atoms with Crippen LogP contribution in [0.4, 0.5) is 9.18 Å². The molecule has 19 heavy (non-hydrogen) atoms. The van der Waals surface area contributed by atoms with Crippen LogP contribution in [0, 0.1) is 11.2 Å². The van der Waals surface area contributed by atoms with Crippen LogP contribution < -0.4 is 5.32 Å². The van der Waals surface area contributed by atoms with Gasteiger partial charge >= 0.3 is 6.09 Å². The number of carbonyl (C=O) groups excluding carboxylic acids is 2. The van der Waals surface area contributed by atoms with Gasteiger partial charge < -0.3 is 14.8 Å². The Morgan fingerprint density at radius 2 is 2.00 bits per heavy atom. The first kappa shape index (κ1) is 15.1. The monoisotopic (exact) mass is 267 g/mol. The highest BCUT2D eigenvalue weighted by atomic mass is 19.1. The first-order valence-corrected chi connectivity index (χ1v) is 6.05. The Labute approximate surface area is 112 Å². The Hall–Kier alpha value is -1.91. The number of aldehydes is 1. The van der Waals surface area contributed by atoms with E-state index in [0.717, 1.165) is 6.29 Å². The Morgan fingerprint density at radius 1 is 1.42 bits per heavy atom. The number of halogens is 1. The van der Waals surface area contributed by atoms with E-state index in [4.69, 9.17) is 4.74 Å².